The summed E-state index contributed by atoms with van der Waals surface area (Å²) >= 11 is 3.35. The molecule has 0 fully saturated rings. The van der Waals surface area contributed by atoms with Crippen LogP contribution in [0.25, 0.3) is 0 Å². The van der Waals surface area contributed by atoms with Crippen LogP contribution in [0, 0.1) is 6.92 Å². The molecule has 2 aromatic rings. The predicted molar refractivity (Wildman–Crippen MR) is 85.0 cm³/mol. The summed E-state index contributed by atoms with van der Waals surface area (Å²) < 4.78 is 0.944. The Morgan fingerprint density at radius 1 is 1.24 bits per heavy atom. The molecule has 1 amide bonds. The summed E-state index contributed by atoms with van der Waals surface area (Å²) in [6, 6.07) is 12.2. The summed E-state index contributed by atoms with van der Waals surface area (Å²) in [6.45, 7) is 3.59. The molecular formula is C16H17BrN2O2. The van der Waals surface area contributed by atoms with Crippen LogP contribution in [-0.4, -0.2) is 22.0 Å². The number of hydrogen-bond acceptors (Lipinski definition) is 3. The number of hydrogen-bond donors (Lipinski definition) is 2. The molecule has 110 valence electrons. The van der Waals surface area contributed by atoms with E-state index in [9.17, 15) is 9.90 Å². The number of nitrogens with zero attached hydrogens (tertiary/aromatic N) is 1. The highest BCUT2D eigenvalue weighted by molar-refractivity contribution is 9.10. The molecular weight excluding hydrogens is 332 g/mol. The van der Waals surface area contributed by atoms with Crippen LogP contribution in [-0.2, 0) is 0 Å². The number of halogens is 1. The molecule has 1 aromatic heterocycles. The second-order valence-corrected chi connectivity index (χ2v) is 5.84. The molecule has 1 aromatic carbocycles. The fourth-order valence-corrected chi connectivity index (χ4v) is 2.24. The number of nitrogens with one attached hydrogen (secondary N) is 1. The van der Waals surface area contributed by atoms with E-state index >= 15 is 0 Å². The van der Waals surface area contributed by atoms with Crippen LogP contribution in [0.15, 0.2) is 46.9 Å². The van der Waals surface area contributed by atoms with Crippen LogP contribution in [0.5, 0.6) is 0 Å². The second-order valence-electron chi connectivity index (χ2n) is 4.92. The first-order chi connectivity index (χ1) is 9.97. The van der Waals surface area contributed by atoms with E-state index in [0.29, 0.717) is 5.69 Å². The van der Waals surface area contributed by atoms with Gasteiger partial charge in [0.15, 0.2) is 0 Å². The highest BCUT2D eigenvalue weighted by Gasteiger charge is 2.19. The predicted octanol–water partition coefficient (Wildman–Crippen LogP) is 3.00. The number of aliphatic hydroxyl groups is 1. The van der Waals surface area contributed by atoms with Crippen molar-refractivity contribution in [3.05, 3.63) is 63.9 Å². The first-order valence-corrected chi connectivity index (χ1v) is 7.44. The van der Waals surface area contributed by atoms with Crippen molar-refractivity contribution in [2.24, 2.45) is 0 Å². The summed E-state index contributed by atoms with van der Waals surface area (Å²) in [5, 5.41) is 13.1. The SMILES string of the molecule is Cc1cccc(C(=O)NC(C)C(O)c2ccc(Br)cc2)n1. The van der Waals surface area contributed by atoms with Crippen molar-refractivity contribution in [1.82, 2.24) is 10.3 Å². The maximum absolute atomic E-state index is 12.1. The van der Waals surface area contributed by atoms with Gasteiger partial charge in [-0.15, -0.1) is 0 Å². The standard InChI is InChI=1S/C16H17BrN2O2/c1-10-4-3-5-14(18-10)16(21)19-11(2)15(20)12-6-8-13(17)9-7-12/h3-9,11,15,20H,1-2H3,(H,19,21). The van der Waals surface area contributed by atoms with Crippen LogP contribution in [0.2, 0.25) is 0 Å². The average molecular weight is 349 g/mol. The molecule has 2 rings (SSSR count). The van der Waals surface area contributed by atoms with E-state index in [-0.39, 0.29) is 5.91 Å². The molecule has 0 saturated carbocycles. The van der Waals surface area contributed by atoms with Gasteiger partial charge in [-0.1, -0.05) is 34.1 Å². The number of pyridine rings is 1. The van der Waals surface area contributed by atoms with E-state index in [4.69, 9.17) is 0 Å². The quantitative estimate of drug-likeness (QED) is 0.892. The van der Waals surface area contributed by atoms with Gasteiger partial charge in [0, 0.05) is 10.2 Å². The van der Waals surface area contributed by atoms with Gasteiger partial charge in [0.2, 0.25) is 0 Å². The van der Waals surface area contributed by atoms with Crippen molar-refractivity contribution in [2.75, 3.05) is 0 Å². The largest absolute Gasteiger partial charge is 0.386 e. The lowest BCUT2D eigenvalue weighted by Gasteiger charge is -2.20. The van der Waals surface area contributed by atoms with Crippen molar-refractivity contribution in [1.29, 1.82) is 0 Å². The van der Waals surface area contributed by atoms with Crippen LogP contribution >= 0.6 is 15.9 Å². The van der Waals surface area contributed by atoms with Gasteiger partial charge >= 0.3 is 0 Å². The van der Waals surface area contributed by atoms with Gasteiger partial charge in [0.05, 0.1) is 12.1 Å². The van der Waals surface area contributed by atoms with E-state index in [2.05, 4.69) is 26.2 Å². The fraction of sp³-hybridized carbons (Fsp3) is 0.250. The minimum absolute atomic E-state index is 0.289. The van der Waals surface area contributed by atoms with Gasteiger partial charge in [-0.2, -0.15) is 0 Å². The topological polar surface area (TPSA) is 62.2 Å². The van der Waals surface area contributed by atoms with Crippen LogP contribution in [0.1, 0.15) is 34.8 Å². The fourth-order valence-electron chi connectivity index (χ4n) is 1.98. The Labute approximate surface area is 132 Å². The van der Waals surface area contributed by atoms with Gasteiger partial charge in [-0.25, -0.2) is 4.98 Å². The molecule has 0 aliphatic heterocycles. The Hall–Kier alpha value is -1.72. The summed E-state index contributed by atoms with van der Waals surface area (Å²) in [7, 11) is 0. The second kappa shape index (κ2) is 6.83. The molecule has 0 bridgehead atoms. The maximum atomic E-state index is 12.1. The number of carbonyl (C=O) groups is 1. The third kappa shape index (κ3) is 4.12. The van der Waals surface area contributed by atoms with E-state index in [0.717, 1.165) is 15.7 Å². The Balaban J connectivity index is 2.05. The van der Waals surface area contributed by atoms with Crippen LogP contribution in [0.4, 0.5) is 0 Å². The highest BCUT2D eigenvalue weighted by atomic mass is 79.9. The van der Waals surface area contributed by atoms with E-state index in [1.165, 1.54) is 0 Å². The molecule has 0 aliphatic rings. The van der Waals surface area contributed by atoms with Crippen molar-refractivity contribution in [3.8, 4) is 0 Å². The normalized spacial score (nSPS) is 13.5. The first kappa shape index (κ1) is 15.7. The number of aryl methyl sites for hydroxylation is 1. The lowest BCUT2D eigenvalue weighted by molar-refractivity contribution is 0.0847. The van der Waals surface area contributed by atoms with Gasteiger partial charge in [0.1, 0.15) is 5.69 Å². The number of rotatable bonds is 4. The third-order valence-electron chi connectivity index (χ3n) is 3.16. The number of amides is 1. The van der Waals surface area contributed by atoms with Gasteiger partial charge in [0.25, 0.3) is 5.91 Å². The molecule has 2 unspecified atom stereocenters. The summed E-state index contributed by atoms with van der Waals surface area (Å²) in [5.74, 6) is -0.289. The molecule has 2 atom stereocenters. The Morgan fingerprint density at radius 2 is 1.90 bits per heavy atom. The summed E-state index contributed by atoms with van der Waals surface area (Å²) in [6.07, 6.45) is -0.771. The van der Waals surface area contributed by atoms with Gasteiger partial charge in [-0.3, -0.25) is 4.79 Å². The van der Waals surface area contributed by atoms with Crippen LogP contribution in [0.3, 0.4) is 0 Å². The van der Waals surface area contributed by atoms with Crippen LogP contribution < -0.4 is 5.32 Å². The maximum Gasteiger partial charge on any atom is 0.270 e. The Kier molecular flexibility index (Phi) is 5.09. The third-order valence-corrected chi connectivity index (χ3v) is 3.69. The number of aliphatic hydroxyl groups excluding tert-OH is 1. The molecule has 0 saturated heterocycles. The summed E-state index contributed by atoms with van der Waals surface area (Å²) in [4.78, 5) is 16.3. The number of benzene rings is 1. The molecule has 21 heavy (non-hydrogen) atoms. The molecule has 4 nitrogen and oxygen atoms in total. The molecule has 1 heterocycles. The van der Waals surface area contributed by atoms with Crippen molar-refractivity contribution in [2.45, 2.75) is 26.0 Å². The lowest BCUT2D eigenvalue weighted by Crippen LogP contribution is -2.37. The monoisotopic (exact) mass is 348 g/mol. The van der Waals surface area contributed by atoms with Crippen molar-refractivity contribution >= 4 is 21.8 Å². The summed E-state index contributed by atoms with van der Waals surface area (Å²) in [5.41, 5.74) is 1.89. The minimum atomic E-state index is -0.771. The average Bonchev–Trinajstić information content (AvgIpc) is 2.47. The van der Waals surface area contributed by atoms with E-state index in [1.54, 1.807) is 19.1 Å². The Bertz CT molecular complexity index is 628. The molecule has 0 aliphatic carbocycles. The van der Waals surface area contributed by atoms with Crippen molar-refractivity contribution in [3.63, 3.8) is 0 Å². The minimum Gasteiger partial charge on any atom is -0.386 e. The number of aromatic nitrogens is 1. The molecule has 5 heteroatoms. The zero-order chi connectivity index (χ0) is 15.4. The lowest BCUT2D eigenvalue weighted by atomic mass is 10.0. The van der Waals surface area contributed by atoms with Gasteiger partial charge < -0.3 is 10.4 Å². The molecule has 0 radical (unpaired) electrons. The zero-order valence-corrected chi connectivity index (χ0v) is 13.5. The molecule has 0 spiro atoms. The van der Waals surface area contributed by atoms with Crippen molar-refractivity contribution < 1.29 is 9.90 Å². The van der Waals surface area contributed by atoms with E-state index < -0.39 is 12.1 Å². The van der Waals surface area contributed by atoms with E-state index in [1.807, 2.05) is 37.3 Å². The molecule has 2 N–H and O–H groups in total. The highest BCUT2D eigenvalue weighted by Crippen LogP contribution is 2.19. The smallest absolute Gasteiger partial charge is 0.270 e. The van der Waals surface area contributed by atoms with Gasteiger partial charge in [-0.05, 0) is 43.7 Å². The Morgan fingerprint density at radius 3 is 2.52 bits per heavy atom. The zero-order valence-electron chi connectivity index (χ0n) is 11.9. The first-order valence-electron chi connectivity index (χ1n) is 6.65. The number of carbonyl (C=O) groups excluding carboxylic acids is 1.